The van der Waals surface area contributed by atoms with Gasteiger partial charge in [0.2, 0.25) is 5.91 Å². The van der Waals surface area contributed by atoms with Gasteiger partial charge in [0, 0.05) is 50.2 Å². The van der Waals surface area contributed by atoms with E-state index in [1.807, 2.05) is 17.9 Å². The molecular weight excluding hydrogens is 476 g/mol. The first kappa shape index (κ1) is 26.9. The average molecular weight is 515 g/mol. The van der Waals surface area contributed by atoms with Crippen molar-refractivity contribution in [2.24, 2.45) is 0 Å². The molecule has 2 N–H and O–H groups in total. The zero-order chi connectivity index (χ0) is 27.1. The summed E-state index contributed by atoms with van der Waals surface area (Å²) in [5.74, 6) is -0.241. The molecule has 37 heavy (non-hydrogen) atoms. The standard InChI is InChI=1S/C27H38N4O6/c1-6-23(33)28-9-11-30-21-14-20-18(13-22(21)37-27(4,5)26(30)36)12-16(2)31(25(20)35)19-8-7-10-29(15-19)24(34)17(3)32/h13-14,16-17,19,32H,6-12,15H2,1-5H3,(H,28,33)/t16?,17-,19+/m0/s1. The molecule has 202 valence electrons. The van der Waals surface area contributed by atoms with Gasteiger partial charge in [0.15, 0.2) is 5.60 Å². The molecule has 1 fully saturated rings. The first-order chi connectivity index (χ1) is 17.4. The van der Waals surface area contributed by atoms with Crippen LogP contribution in [0.25, 0.3) is 0 Å². The molecule has 0 bridgehead atoms. The fourth-order valence-corrected chi connectivity index (χ4v) is 5.61. The fourth-order valence-electron chi connectivity index (χ4n) is 5.61. The zero-order valence-corrected chi connectivity index (χ0v) is 22.4. The summed E-state index contributed by atoms with van der Waals surface area (Å²) in [5, 5.41) is 12.6. The number of carbonyl (C=O) groups is 4. The Bertz CT molecular complexity index is 1100. The first-order valence-electron chi connectivity index (χ1n) is 13.2. The van der Waals surface area contributed by atoms with Crippen LogP contribution in [0.5, 0.6) is 5.75 Å². The van der Waals surface area contributed by atoms with Gasteiger partial charge in [-0.2, -0.15) is 0 Å². The van der Waals surface area contributed by atoms with E-state index in [-0.39, 0.29) is 48.8 Å². The smallest absolute Gasteiger partial charge is 0.270 e. The van der Waals surface area contributed by atoms with Gasteiger partial charge in [0.25, 0.3) is 17.7 Å². The van der Waals surface area contributed by atoms with Crippen LogP contribution in [-0.2, 0) is 20.8 Å². The van der Waals surface area contributed by atoms with Crippen LogP contribution in [0.4, 0.5) is 5.69 Å². The summed E-state index contributed by atoms with van der Waals surface area (Å²) in [5.41, 5.74) is 0.833. The van der Waals surface area contributed by atoms with Gasteiger partial charge < -0.3 is 29.9 Å². The van der Waals surface area contributed by atoms with Gasteiger partial charge in [-0.25, -0.2) is 0 Å². The predicted octanol–water partition coefficient (Wildman–Crippen LogP) is 1.48. The van der Waals surface area contributed by atoms with Gasteiger partial charge in [-0.1, -0.05) is 6.92 Å². The van der Waals surface area contributed by atoms with Crippen LogP contribution in [0.3, 0.4) is 0 Å². The highest BCUT2D eigenvalue weighted by atomic mass is 16.5. The van der Waals surface area contributed by atoms with Crippen LogP contribution in [0, 0.1) is 0 Å². The van der Waals surface area contributed by atoms with E-state index in [9.17, 15) is 24.3 Å². The number of nitrogens with one attached hydrogen (secondary N) is 1. The molecule has 0 spiro atoms. The normalized spacial score (nSPS) is 23.7. The minimum Gasteiger partial charge on any atom is -0.476 e. The van der Waals surface area contributed by atoms with Crippen molar-refractivity contribution in [2.75, 3.05) is 31.1 Å². The van der Waals surface area contributed by atoms with E-state index in [1.165, 1.54) is 6.92 Å². The maximum absolute atomic E-state index is 13.9. The van der Waals surface area contributed by atoms with Crippen LogP contribution in [0.1, 0.15) is 69.8 Å². The largest absolute Gasteiger partial charge is 0.476 e. The van der Waals surface area contributed by atoms with Crippen LogP contribution < -0.4 is 15.0 Å². The summed E-state index contributed by atoms with van der Waals surface area (Å²) >= 11 is 0. The van der Waals surface area contributed by atoms with Crippen LogP contribution in [0.2, 0.25) is 0 Å². The average Bonchev–Trinajstić information content (AvgIpc) is 2.85. The predicted molar refractivity (Wildman–Crippen MR) is 137 cm³/mol. The van der Waals surface area contributed by atoms with Gasteiger partial charge in [-0.3, -0.25) is 19.2 Å². The molecular formula is C27H38N4O6. The molecule has 0 radical (unpaired) electrons. The Hall–Kier alpha value is -3.14. The van der Waals surface area contributed by atoms with Gasteiger partial charge in [-0.15, -0.1) is 0 Å². The van der Waals surface area contributed by atoms with Crippen molar-refractivity contribution >= 4 is 29.3 Å². The summed E-state index contributed by atoms with van der Waals surface area (Å²) in [6.07, 6.45) is 1.44. The third-order valence-electron chi connectivity index (χ3n) is 7.49. The molecule has 4 amide bonds. The molecule has 10 heteroatoms. The van der Waals surface area contributed by atoms with Crippen LogP contribution in [0.15, 0.2) is 12.1 Å². The second-order valence-electron chi connectivity index (χ2n) is 10.8. The Labute approximate surface area is 217 Å². The van der Waals surface area contributed by atoms with Crippen molar-refractivity contribution in [3.8, 4) is 5.75 Å². The number of ether oxygens (including phenoxy) is 1. The second-order valence-corrected chi connectivity index (χ2v) is 10.8. The van der Waals surface area contributed by atoms with Crippen LogP contribution in [-0.4, -0.2) is 88.5 Å². The van der Waals surface area contributed by atoms with Crippen molar-refractivity contribution in [2.45, 2.75) is 84.1 Å². The molecule has 0 aromatic heterocycles. The fraction of sp³-hybridized carbons (Fsp3) is 0.630. The van der Waals surface area contributed by atoms with E-state index in [2.05, 4.69) is 5.32 Å². The van der Waals surface area contributed by atoms with Crippen molar-refractivity contribution in [1.82, 2.24) is 15.1 Å². The third kappa shape index (κ3) is 5.16. The molecule has 1 aromatic carbocycles. The number of likely N-dealkylation sites (tertiary alicyclic amines) is 1. The van der Waals surface area contributed by atoms with Crippen molar-refractivity contribution in [3.63, 3.8) is 0 Å². The van der Waals surface area contributed by atoms with Gasteiger partial charge in [0.05, 0.1) is 5.69 Å². The zero-order valence-electron chi connectivity index (χ0n) is 22.4. The lowest BCUT2D eigenvalue weighted by atomic mass is 9.89. The number of hydrogen-bond donors (Lipinski definition) is 2. The van der Waals surface area contributed by atoms with E-state index in [0.29, 0.717) is 42.9 Å². The van der Waals surface area contributed by atoms with E-state index in [0.717, 1.165) is 18.4 Å². The number of aliphatic hydroxyl groups is 1. The number of carbonyl (C=O) groups excluding carboxylic acids is 4. The van der Waals surface area contributed by atoms with Crippen molar-refractivity contribution < 1.29 is 29.0 Å². The lowest BCUT2D eigenvalue weighted by molar-refractivity contribution is -0.141. The summed E-state index contributed by atoms with van der Waals surface area (Å²) in [6.45, 7) is 10.2. The quantitative estimate of drug-likeness (QED) is 0.594. The maximum atomic E-state index is 13.9. The molecule has 3 atom stereocenters. The molecule has 1 aromatic rings. The molecule has 3 aliphatic heterocycles. The minimum atomic E-state index is -1.08. The third-order valence-corrected chi connectivity index (χ3v) is 7.49. The Morgan fingerprint density at radius 2 is 2.00 bits per heavy atom. The van der Waals surface area contributed by atoms with Crippen molar-refractivity contribution in [1.29, 1.82) is 0 Å². The first-order valence-corrected chi connectivity index (χ1v) is 13.2. The van der Waals surface area contributed by atoms with Gasteiger partial charge in [0.1, 0.15) is 11.9 Å². The number of hydrogen-bond acceptors (Lipinski definition) is 6. The second kappa shape index (κ2) is 10.3. The number of benzene rings is 1. The lowest BCUT2D eigenvalue weighted by Crippen LogP contribution is -2.57. The van der Waals surface area contributed by atoms with Gasteiger partial charge in [-0.05, 0) is 64.7 Å². The van der Waals surface area contributed by atoms with E-state index in [4.69, 9.17) is 4.74 Å². The van der Waals surface area contributed by atoms with E-state index in [1.54, 1.807) is 36.6 Å². The topological polar surface area (TPSA) is 119 Å². The molecule has 4 rings (SSSR count). The monoisotopic (exact) mass is 514 g/mol. The molecule has 1 unspecified atom stereocenters. The minimum absolute atomic E-state index is 0.0803. The van der Waals surface area contributed by atoms with E-state index < -0.39 is 11.7 Å². The Balaban J connectivity index is 1.63. The Kier molecular flexibility index (Phi) is 7.50. The number of nitrogens with zero attached hydrogens (tertiary/aromatic N) is 3. The molecule has 3 aliphatic rings. The molecule has 0 saturated carbocycles. The molecule has 1 saturated heterocycles. The van der Waals surface area contributed by atoms with Crippen LogP contribution >= 0.6 is 0 Å². The highest BCUT2D eigenvalue weighted by Crippen LogP contribution is 2.42. The SMILES string of the molecule is CCC(=O)NCCN1C(=O)C(C)(C)Oc2cc3c(cc21)C(=O)N([C@@H]1CCCN(C(=O)[C@H](C)O)C1)C(C)C3. The summed E-state index contributed by atoms with van der Waals surface area (Å²) in [7, 11) is 0. The number of piperidine rings is 1. The van der Waals surface area contributed by atoms with Gasteiger partial charge >= 0.3 is 0 Å². The highest BCUT2D eigenvalue weighted by molar-refractivity contribution is 6.05. The summed E-state index contributed by atoms with van der Waals surface area (Å²) in [4.78, 5) is 56.3. The number of aliphatic hydroxyl groups excluding tert-OH is 1. The number of anilines is 1. The lowest BCUT2D eigenvalue weighted by Gasteiger charge is -2.45. The molecule has 10 nitrogen and oxygen atoms in total. The molecule has 0 aliphatic carbocycles. The maximum Gasteiger partial charge on any atom is 0.270 e. The number of fused-ring (bicyclic) bond motifs is 2. The Morgan fingerprint density at radius 1 is 1.27 bits per heavy atom. The summed E-state index contributed by atoms with van der Waals surface area (Å²) < 4.78 is 6.08. The Morgan fingerprint density at radius 3 is 2.68 bits per heavy atom. The number of rotatable bonds is 6. The van der Waals surface area contributed by atoms with Crippen molar-refractivity contribution in [3.05, 3.63) is 23.3 Å². The molecule has 3 heterocycles. The number of amides is 4. The highest BCUT2D eigenvalue weighted by Gasteiger charge is 2.43. The van der Waals surface area contributed by atoms with E-state index >= 15 is 0 Å². The summed E-state index contributed by atoms with van der Waals surface area (Å²) in [6, 6.07) is 3.37.